The lowest BCUT2D eigenvalue weighted by Crippen LogP contribution is -2.46. The highest BCUT2D eigenvalue weighted by Crippen LogP contribution is 2.26. The van der Waals surface area contributed by atoms with Gasteiger partial charge in [0.25, 0.3) is 5.91 Å². The number of amides is 2. The lowest BCUT2D eigenvalue weighted by molar-refractivity contribution is -0.124. The molecule has 3 rings (SSSR count). The second kappa shape index (κ2) is 10.5. The first-order valence-electron chi connectivity index (χ1n) is 10.4. The van der Waals surface area contributed by atoms with Crippen LogP contribution in [-0.4, -0.2) is 67.0 Å². The van der Waals surface area contributed by atoms with Gasteiger partial charge in [-0.1, -0.05) is 18.6 Å². The molecule has 2 aliphatic rings. The third kappa shape index (κ3) is 5.88. The second-order valence-corrected chi connectivity index (χ2v) is 7.58. The Bertz CT molecular complexity index is 696. The Morgan fingerprint density at radius 1 is 1.10 bits per heavy atom. The summed E-state index contributed by atoms with van der Waals surface area (Å²) in [4.78, 5) is 29.4. The molecule has 8 heteroatoms. The van der Waals surface area contributed by atoms with Gasteiger partial charge in [-0.15, -0.1) is 0 Å². The number of hydrogen-bond acceptors (Lipinski definition) is 4. The Balaban J connectivity index is 1.53. The van der Waals surface area contributed by atoms with Crippen LogP contribution in [0.5, 0.6) is 5.75 Å². The first-order valence-corrected chi connectivity index (χ1v) is 10.4. The highest BCUT2D eigenvalue weighted by Gasteiger charge is 2.35. The smallest absolute Gasteiger partial charge is 0.387 e. The molecule has 2 saturated heterocycles. The molecule has 0 aliphatic carbocycles. The van der Waals surface area contributed by atoms with Gasteiger partial charge >= 0.3 is 6.61 Å². The van der Waals surface area contributed by atoms with E-state index in [4.69, 9.17) is 0 Å². The van der Waals surface area contributed by atoms with E-state index in [1.165, 1.54) is 42.4 Å². The minimum Gasteiger partial charge on any atom is -0.434 e. The summed E-state index contributed by atoms with van der Waals surface area (Å²) in [5.41, 5.74) is 0.0533. The van der Waals surface area contributed by atoms with E-state index in [2.05, 4.69) is 15.0 Å². The summed E-state index contributed by atoms with van der Waals surface area (Å²) in [6, 6.07) is 5.34. The predicted octanol–water partition coefficient (Wildman–Crippen LogP) is 2.88. The van der Waals surface area contributed by atoms with Crippen LogP contribution in [0.3, 0.4) is 0 Å². The Labute approximate surface area is 170 Å². The molecule has 1 aromatic rings. The van der Waals surface area contributed by atoms with Crippen LogP contribution in [0.2, 0.25) is 0 Å². The summed E-state index contributed by atoms with van der Waals surface area (Å²) in [5, 5.41) is 2.94. The first-order chi connectivity index (χ1) is 14.1. The van der Waals surface area contributed by atoms with E-state index in [0.717, 1.165) is 26.1 Å². The largest absolute Gasteiger partial charge is 0.434 e. The van der Waals surface area contributed by atoms with Crippen molar-refractivity contribution in [3.8, 4) is 5.75 Å². The van der Waals surface area contributed by atoms with E-state index < -0.39 is 18.6 Å². The van der Waals surface area contributed by atoms with Gasteiger partial charge in [0.1, 0.15) is 11.8 Å². The molecular weight excluding hydrogens is 380 g/mol. The summed E-state index contributed by atoms with van der Waals surface area (Å²) in [7, 11) is 0. The fourth-order valence-corrected chi connectivity index (χ4v) is 4.09. The zero-order valence-corrected chi connectivity index (χ0v) is 16.6. The lowest BCUT2D eigenvalue weighted by atomic mass is 10.1. The standard InChI is InChI=1S/C21H29F2N3O3/c22-21(23)29-18-10-3-2-8-16(18)20(28)26-15-6-9-17(26)19(27)24-11-7-14-25-12-4-1-5-13-25/h2-3,8,10,17,21H,1,4-7,9,11-15H2,(H,24,27). The van der Waals surface area contributed by atoms with E-state index in [1.807, 2.05) is 0 Å². The summed E-state index contributed by atoms with van der Waals surface area (Å²) in [6.45, 7) is 1.19. The molecule has 0 aromatic heterocycles. The Hall–Kier alpha value is -2.22. The number of ether oxygens (including phenoxy) is 1. The maximum atomic E-state index is 12.9. The van der Waals surface area contributed by atoms with Crippen LogP contribution in [0.1, 0.15) is 48.9 Å². The van der Waals surface area contributed by atoms with Gasteiger partial charge in [0.05, 0.1) is 5.56 Å². The highest BCUT2D eigenvalue weighted by atomic mass is 19.3. The Morgan fingerprint density at radius 2 is 1.86 bits per heavy atom. The molecule has 0 spiro atoms. The molecule has 0 radical (unpaired) electrons. The van der Waals surface area contributed by atoms with Crippen LogP contribution in [0.25, 0.3) is 0 Å². The number of carbonyl (C=O) groups is 2. The number of alkyl halides is 2. The van der Waals surface area contributed by atoms with Crippen LogP contribution in [0.15, 0.2) is 24.3 Å². The maximum absolute atomic E-state index is 12.9. The third-order valence-electron chi connectivity index (χ3n) is 5.55. The van der Waals surface area contributed by atoms with Gasteiger partial charge in [-0.2, -0.15) is 8.78 Å². The normalized spacial score (nSPS) is 20.1. The summed E-state index contributed by atoms with van der Waals surface area (Å²) < 4.78 is 29.8. The molecule has 1 atom stereocenters. The van der Waals surface area contributed by atoms with Gasteiger partial charge in [-0.25, -0.2) is 0 Å². The predicted molar refractivity (Wildman–Crippen MR) is 105 cm³/mol. The average Bonchev–Trinajstić information content (AvgIpc) is 3.21. The van der Waals surface area contributed by atoms with Crippen LogP contribution in [0, 0.1) is 0 Å². The van der Waals surface area contributed by atoms with Gasteiger partial charge in [-0.3, -0.25) is 9.59 Å². The van der Waals surface area contributed by atoms with Crippen LogP contribution < -0.4 is 10.1 Å². The van der Waals surface area contributed by atoms with E-state index in [1.54, 1.807) is 6.07 Å². The van der Waals surface area contributed by atoms with Crippen molar-refractivity contribution in [2.75, 3.05) is 32.7 Å². The molecule has 0 bridgehead atoms. The Kier molecular flexibility index (Phi) is 7.80. The lowest BCUT2D eigenvalue weighted by Gasteiger charge is -2.27. The average molecular weight is 409 g/mol. The number of carbonyl (C=O) groups excluding carboxylic acids is 2. The maximum Gasteiger partial charge on any atom is 0.387 e. The first kappa shape index (κ1) is 21.5. The molecular formula is C21H29F2N3O3. The number of piperidine rings is 1. The van der Waals surface area contributed by atoms with Gasteiger partial charge in [0, 0.05) is 13.1 Å². The SMILES string of the molecule is O=C(NCCCN1CCCCC1)C1CCCN1C(=O)c1ccccc1OC(F)F. The van der Waals surface area contributed by atoms with Crippen molar-refractivity contribution < 1.29 is 23.1 Å². The zero-order valence-electron chi connectivity index (χ0n) is 16.6. The summed E-state index contributed by atoms with van der Waals surface area (Å²) in [5.74, 6) is -0.797. The number of rotatable bonds is 8. The molecule has 1 unspecified atom stereocenters. The van der Waals surface area contributed by atoms with Gasteiger partial charge in [0.15, 0.2) is 0 Å². The minimum atomic E-state index is -3.01. The third-order valence-corrected chi connectivity index (χ3v) is 5.55. The quantitative estimate of drug-likeness (QED) is 0.671. The molecule has 6 nitrogen and oxygen atoms in total. The van der Waals surface area contributed by atoms with Gasteiger partial charge < -0.3 is 19.9 Å². The fourth-order valence-electron chi connectivity index (χ4n) is 4.09. The van der Waals surface area contributed by atoms with Gasteiger partial charge in [0.2, 0.25) is 5.91 Å². The van der Waals surface area contributed by atoms with Crippen molar-refractivity contribution in [1.82, 2.24) is 15.1 Å². The number of para-hydroxylation sites is 1. The number of nitrogens with one attached hydrogen (secondary N) is 1. The van der Waals surface area contributed by atoms with Crippen LogP contribution in [-0.2, 0) is 4.79 Å². The summed E-state index contributed by atoms with van der Waals surface area (Å²) in [6.07, 6.45) is 5.92. The Morgan fingerprint density at radius 3 is 2.62 bits per heavy atom. The van der Waals surface area contributed by atoms with Gasteiger partial charge in [-0.05, 0) is 63.9 Å². The van der Waals surface area contributed by atoms with E-state index in [9.17, 15) is 18.4 Å². The molecule has 2 aliphatic heterocycles. The molecule has 2 amide bonds. The molecule has 29 heavy (non-hydrogen) atoms. The number of nitrogens with zero attached hydrogens (tertiary/aromatic N) is 2. The molecule has 1 aromatic carbocycles. The minimum absolute atomic E-state index is 0.0533. The van der Waals surface area contributed by atoms with Crippen LogP contribution in [0.4, 0.5) is 8.78 Å². The highest BCUT2D eigenvalue weighted by molar-refractivity contribution is 6.00. The van der Waals surface area contributed by atoms with E-state index in [-0.39, 0.29) is 17.2 Å². The molecule has 2 fully saturated rings. The molecule has 1 N–H and O–H groups in total. The fraction of sp³-hybridized carbons (Fsp3) is 0.619. The topological polar surface area (TPSA) is 61.9 Å². The number of halogens is 2. The van der Waals surface area contributed by atoms with Crippen molar-refractivity contribution >= 4 is 11.8 Å². The monoisotopic (exact) mass is 409 g/mol. The molecule has 2 heterocycles. The van der Waals surface area contributed by atoms with E-state index in [0.29, 0.717) is 25.9 Å². The van der Waals surface area contributed by atoms with Crippen molar-refractivity contribution in [1.29, 1.82) is 0 Å². The number of likely N-dealkylation sites (tertiary alicyclic amines) is 2. The van der Waals surface area contributed by atoms with Crippen molar-refractivity contribution in [2.24, 2.45) is 0 Å². The molecule has 0 saturated carbocycles. The second-order valence-electron chi connectivity index (χ2n) is 7.58. The zero-order chi connectivity index (χ0) is 20.6. The van der Waals surface area contributed by atoms with Crippen LogP contribution >= 0.6 is 0 Å². The molecule has 160 valence electrons. The number of hydrogen-bond donors (Lipinski definition) is 1. The van der Waals surface area contributed by atoms with Crippen molar-refractivity contribution in [3.63, 3.8) is 0 Å². The van der Waals surface area contributed by atoms with Crippen molar-refractivity contribution in [3.05, 3.63) is 29.8 Å². The van der Waals surface area contributed by atoms with E-state index >= 15 is 0 Å². The summed E-state index contributed by atoms with van der Waals surface area (Å²) >= 11 is 0. The van der Waals surface area contributed by atoms with Crippen molar-refractivity contribution in [2.45, 2.75) is 51.2 Å². The number of benzene rings is 1.